The highest BCUT2D eigenvalue weighted by atomic mass is 16.2. The number of anilines is 3. The van der Waals surface area contributed by atoms with Crippen LogP contribution in [0, 0.1) is 0 Å². The second kappa shape index (κ2) is 11.6. The van der Waals surface area contributed by atoms with Crippen LogP contribution in [0.4, 0.5) is 17.1 Å². The Morgan fingerprint density at radius 2 is 1.38 bits per heavy atom. The number of likely N-dealkylation sites (tertiary alicyclic amines) is 1. The summed E-state index contributed by atoms with van der Waals surface area (Å²) in [6.07, 6.45) is 3.88. The minimum atomic E-state index is -0.198. The fourth-order valence-electron chi connectivity index (χ4n) is 5.39. The predicted octanol–water partition coefficient (Wildman–Crippen LogP) is 6.86. The number of piperidine rings is 1. The van der Waals surface area contributed by atoms with Crippen molar-refractivity contribution in [3.63, 3.8) is 0 Å². The molecule has 0 atom stereocenters. The van der Waals surface area contributed by atoms with Gasteiger partial charge >= 0.3 is 0 Å². The SMILES string of the molecule is O=C1Nc2cc(NC(=O)c3ccccc3)ccc2C1=C(Nc1ccc(CN2CCCCC2)cc1)c1ccccc1. The molecule has 0 bridgehead atoms. The van der Waals surface area contributed by atoms with Crippen LogP contribution < -0.4 is 16.0 Å². The van der Waals surface area contributed by atoms with Crippen molar-refractivity contribution in [3.05, 3.63) is 125 Å². The van der Waals surface area contributed by atoms with Crippen molar-refractivity contribution in [2.45, 2.75) is 25.8 Å². The molecule has 0 saturated carbocycles. The number of hydrogen-bond donors (Lipinski definition) is 3. The first-order valence-corrected chi connectivity index (χ1v) is 13.8. The van der Waals surface area contributed by atoms with Crippen molar-refractivity contribution in [2.24, 2.45) is 0 Å². The predicted molar refractivity (Wildman–Crippen MR) is 162 cm³/mol. The lowest BCUT2D eigenvalue weighted by atomic mass is 9.99. The fourth-order valence-corrected chi connectivity index (χ4v) is 5.39. The Morgan fingerprint density at radius 3 is 2.08 bits per heavy atom. The van der Waals surface area contributed by atoms with E-state index in [1.807, 2.05) is 60.7 Å². The summed E-state index contributed by atoms with van der Waals surface area (Å²) in [5.41, 5.74) is 7.07. The van der Waals surface area contributed by atoms with Gasteiger partial charge in [-0.25, -0.2) is 0 Å². The fraction of sp³-hybridized carbons (Fsp3) is 0.176. The second-order valence-electron chi connectivity index (χ2n) is 10.3. The van der Waals surface area contributed by atoms with Crippen molar-refractivity contribution in [1.29, 1.82) is 0 Å². The third-order valence-electron chi connectivity index (χ3n) is 7.45. The molecule has 0 aliphatic carbocycles. The number of carbonyl (C=O) groups is 2. The minimum absolute atomic E-state index is 0.186. The van der Waals surface area contributed by atoms with Crippen LogP contribution in [0.2, 0.25) is 0 Å². The maximum absolute atomic E-state index is 13.4. The lowest BCUT2D eigenvalue weighted by molar-refractivity contribution is -0.110. The maximum atomic E-state index is 13.4. The summed E-state index contributed by atoms with van der Waals surface area (Å²) in [6, 6.07) is 33.0. The summed E-state index contributed by atoms with van der Waals surface area (Å²) in [5, 5.41) is 9.47. The van der Waals surface area contributed by atoms with Gasteiger partial charge in [-0.3, -0.25) is 14.5 Å². The number of carbonyl (C=O) groups excluding carboxylic acids is 2. The zero-order chi connectivity index (χ0) is 27.3. The van der Waals surface area contributed by atoms with E-state index in [4.69, 9.17) is 0 Å². The van der Waals surface area contributed by atoms with Gasteiger partial charge in [0, 0.05) is 29.0 Å². The summed E-state index contributed by atoms with van der Waals surface area (Å²) >= 11 is 0. The van der Waals surface area contributed by atoms with Crippen LogP contribution in [0.1, 0.15) is 46.3 Å². The molecule has 2 aliphatic rings. The number of benzene rings is 4. The molecule has 1 fully saturated rings. The van der Waals surface area contributed by atoms with Crippen LogP contribution >= 0.6 is 0 Å². The molecular weight excluding hydrogens is 496 g/mol. The quantitative estimate of drug-likeness (QED) is 0.229. The zero-order valence-corrected chi connectivity index (χ0v) is 22.3. The molecule has 2 heterocycles. The Kier molecular flexibility index (Phi) is 7.42. The monoisotopic (exact) mass is 528 g/mol. The van der Waals surface area contributed by atoms with Gasteiger partial charge in [-0.05, 0) is 79.5 Å². The summed E-state index contributed by atoms with van der Waals surface area (Å²) < 4.78 is 0. The third-order valence-corrected chi connectivity index (χ3v) is 7.45. The van der Waals surface area contributed by atoms with Crippen molar-refractivity contribution in [1.82, 2.24) is 4.90 Å². The lowest BCUT2D eigenvalue weighted by Crippen LogP contribution is -2.29. The molecule has 6 nitrogen and oxygen atoms in total. The summed E-state index contributed by atoms with van der Waals surface area (Å²) in [4.78, 5) is 28.5. The molecule has 6 heteroatoms. The summed E-state index contributed by atoms with van der Waals surface area (Å²) in [7, 11) is 0. The normalized spacial score (nSPS) is 16.1. The van der Waals surface area contributed by atoms with E-state index >= 15 is 0 Å². The van der Waals surface area contributed by atoms with Gasteiger partial charge in [-0.15, -0.1) is 0 Å². The third kappa shape index (κ3) is 5.67. The number of hydrogen-bond acceptors (Lipinski definition) is 4. The van der Waals surface area contributed by atoms with Crippen molar-refractivity contribution in [3.8, 4) is 0 Å². The molecule has 2 aliphatic heterocycles. The Hall–Kier alpha value is -4.68. The highest BCUT2D eigenvalue weighted by Crippen LogP contribution is 2.39. The van der Waals surface area contributed by atoms with E-state index in [0.717, 1.165) is 42.1 Å². The van der Waals surface area contributed by atoms with Crippen LogP contribution in [0.15, 0.2) is 103 Å². The number of nitrogens with zero attached hydrogens (tertiary/aromatic N) is 1. The first-order chi connectivity index (χ1) is 19.6. The largest absolute Gasteiger partial charge is 0.354 e. The molecule has 3 N–H and O–H groups in total. The minimum Gasteiger partial charge on any atom is -0.354 e. The average molecular weight is 529 g/mol. The number of fused-ring (bicyclic) bond motifs is 1. The van der Waals surface area contributed by atoms with Gasteiger partial charge < -0.3 is 16.0 Å². The number of rotatable bonds is 7. The van der Waals surface area contributed by atoms with Gasteiger partial charge in [0.2, 0.25) is 0 Å². The van der Waals surface area contributed by atoms with Gasteiger partial charge in [0.25, 0.3) is 11.8 Å². The van der Waals surface area contributed by atoms with Crippen LogP contribution in [0.25, 0.3) is 11.3 Å². The molecule has 2 amide bonds. The van der Waals surface area contributed by atoms with Gasteiger partial charge in [0.15, 0.2) is 0 Å². The highest BCUT2D eigenvalue weighted by molar-refractivity contribution is 6.37. The molecule has 0 aromatic heterocycles. The van der Waals surface area contributed by atoms with Gasteiger partial charge in [0.1, 0.15) is 0 Å². The molecular formula is C34H32N4O2. The molecule has 0 unspecified atom stereocenters. The molecule has 0 radical (unpaired) electrons. The Labute approximate surface area is 234 Å². The molecule has 4 aromatic rings. The molecule has 6 rings (SSSR count). The van der Waals surface area contributed by atoms with Crippen LogP contribution in [0.5, 0.6) is 0 Å². The topological polar surface area (TPSA) is 73.5 Å². The Bertz CT molecular complexity index is 1540. The van der Waals surface area contributed by atoms with Crippen LogP contribution in [-0.2, 0) is 11.3 Å². The smallest absolute Gasteiger partial charge is 0.258 e. The average Bonchev–Trinajstić information content (AvgIpc) is 3.32. The van der Waals surface area contributed by atoms with Crippen molar-refractivity contribution in [2.75, 3.05) is 29.0 Å². The van der Waals surface area contributed by atoms with Crippen molar-refractivity contribution >= 4 is 40.1 Å². The molecule has 4 aromatic carbocycles. The van der Waals surface area contributed by atoms with Gasteiger partial charge in [-0.2, -0.15) is 0 Å². The zero-order valence-electron chi connectivity index (χ0n) is 22.3. The van der Waals surface area contributed by atoms with E-state index in [0.29, 0.717) is 22.5 Å². The van der Waals surface area contributed by atoms with E-state index < -0.39 is 0 Å². The number of amides is 2. The van der Waals surface area contributed by atoms with E-state index in [1.54, 1.807) is 18.2 Å². The first-order valence-electron chi connectivity index (χ1n) is 13.8. The van der Waals surface area contributed by atoms with Crippen LogP contribution in [-0.4, -0.2) is 29.8 Å². The van der Waals surface area contributed by atoms with E-state index in [-0.39, 0.29) is 11.8 Å². The molecule has 1 saturated heterocycles. The van der Waals surface area contributed by atoms with Gasteiger partial charge in [-0.1, -0.05) is 67.1 Å². The van der Waals surface area contributed by atoms with Crippen molar-refractivity contribution < 1.29 is 9.59 Å². The van der Waals surface area contributed by atoms with E-state index in [1.165, 1.54) is 24.8 Å². The molecule has 0 spiro atoms. The number of nitrogens with one attached hydrogen (secondary N) is 3. The Balaban J connectivity index is 1.28. The van der Waals surface area contributed by atoms with Gasteiger partial charge in [0.05, 0.1) is 17.0 Å². The van der Waals surface area contributed by atoms with Crippen LogP contribution in [0.3, 0.4) is 0 Å². The lowest BCUT2D eigenvalue weighted by Gasteiger charge is -2.26. The Morgan fingerprint density at radius 1 is 0.725 bits per heavy atom. The maximum Gasteiger partial charge on any atom is 0.258 e. The second-order valence-corrected chi connectivity index (χ2v) is 10.3. The molecule has 200 valence electrons. The van der Waals surface area contributed by atoms with E-state index in [2.05, 4.69) is 45.1 Å². The molecule has 40 heavy (non-hydrogen) atoms. The summed E-state index contributed by atoms with van der Waals surface area (Å²) in [6.45, 7) is 3.29. The highest BCUT2D eigenvalue weighted by Gasteiger charge is 2.29. The van der Waals surface area contributed by atoms with E-state index in [9.17, 15) is 9.59 Å². The standard InChI is InChI=1S/C34H32N4O2/c39-33(26-12-6-2-7-13-26)36-28-18-19-29-30(22-28)37-34(40)31(29)32(25-10-4-1-5-11-25)35-27-16-14-24(15-17-27)23-38-20-8-3-9-21-38/h1-2,4-7,10-19,22,35H,3,8-9,20-21,23H2,(H,36,39)(H,37,40). The summed E-state index contributed by atoms with van der Waals surface area (Å²) in [5.74, 6) is -0.384. The first kappa shape index (κ1) is 25.6.